The summed E-state index contributed by atoms with van der Waals surface area (Å²) in [5.74, 6) is 0.644. The molecule has 1 amide bonds. The van der Waals surface area contributed by atoms with Gasteiger partial charge in [-0.25, -0.2) is 4.98 Å². The number of aromatic nitrogens is 1. The minimum atomic E-state index is 0. The molecular weight excluding hydrogens is 298 g/mol. The van der Waals surface area contributed by atoms with Gasteiger partial charge >= 0.3 is 0 Å². The number of nitrogens with zero attached hydrogens (tertiary/aromatic N) is 1. The van der Waals surface area contributed by atoms with Crippen molar-refractivity contribution in [2.45, 2.75) is 19.4 Å². The van der Waals surface area contributed by atoms with Gasteiger partial charge in [0.25, 0.3) is 0 Å². The predicted molar refractivity (Wildman–Crippen MR) is 82.1 cm³/mol. The molecule has 2 aromatic heterocycles. The minimum absolute atomic E-state index is 0. The van der Waals surface area contributed by atoms with Crippen LogP contribution in [0.2, 0.25) is 0 Å². The molecule has 2 N–H and O–H groups in total. The van der Waals surface area contributed by atoms with Crippen LogP contribution in [-0.2, 0) is 11.3 Å². The Morgan fingerprint density at radius 3 is 3.05 bits per heavy atom. The molecule has 2 aromatic rings. The Labute approximate surface area is 128 Å². The van der Waals surface area contributed by atoms with Crippen molar-refractivity contribution in [3.63, 3.8) is 0 Å². The number of oxazole rings is 1. The number of nitrogens with one attached hydrogen (secondary N) is 2. The molecule has 0 bridgehead atoms. The van der Waals surface area contributed by atoms with Crippen LogP contribution in [0.15, 0.2) is 28.2 Å². The van der Waals surface area contributed by atoms with Crippen molar-refractivity contribution in [1.29, 1.82) is 0 Å². The Balaban J connectivity index is 0.00000200. The number of hydrogen-bond acceptors (Lipinski definition) is 5. The first kappa shape index (κ1) is 16.7. The number of rotatable bonds is 7. The molecule has 0 unspecified atom stereocenters. The van der Waals surface area contributed by atoms with E-state index in [1.54, 1.807) is 17.6 Å². The molecule has 0 saturated heterocycles. The number of carbonyl (C=O) groups is 1. The molecule has 2 heterocycles. The van der Waals surface area contributed by atoms with E-state index in [0.29, 0.717) is 18.9 Å². The summed E-state index contributed by atoms with van der Waals surface area (Å²) in [6.07, 6.45) is 2.95. The van der Waals surface area contributed by atoms with E-state index in [4.69, 9.17) is 4.42 Å². The SMILES string of the molecule is CNCCCC(=O)NCc1coc(-c2cccs2)n1.Cl. The van der Waals surface area contributed by atoms with Crippen LogP contribution in [0.4, 0.5) is 0 Å². The summed E-state index contributed by atoms with van der Waals surface area (Å²) >= 11 is 1.58. The molecule has 0 saturated carbocycles. The van der Waals surface area contributed by atoms with E-state index in [0.717, 1.165) is 23.5 Å². The molecule has 0 aromatic carbocycles. The second-order valence-electron chi connectivity index (χ2n) is 4.11. The highest BCUT2D eigenvalue weighted by Crippen LogP contribution is 2.23. The first-order valence-corrected chi connectivity index (χ1v) is 7.07. The Morgan fingerprint density at radius 2 is 2.35 bits per heavy atom. The summed E-state index contributed by atoms with van der Waals surface area (Å²) < 4.78 is 5.38. The highest BCUT2D eigenvalue weighted by atomic mass is 35.5. The van der Waals surface area contributed by atoms with Gasteiger partial charge in [-0.15, -0.1) is 23.7 Å². The average molecular weight is 316 g/mol. The van der Waals surface area contributed by atoms with Crippen LogP contribution in [0.25, 0.3) is 10.8 Å². The van der Waals surface area contributed by atoms with Crippen LogP contribution in [0.3, 0.4) is 0 Å². The van der Waals surface area contributed by atoms with Crippen molar-refractivity contribution in [1.82, 2.24) is 15.6 Å². The van der Waals surface area contributed by atoms with Crippen molar-refractivity contribution in [2.24, 2.45) is 0 Å². The van der Waals surface area contributed by atoms with E-state index in [1.165, 1.54) is 0 Å². The van der Waals surface area contributed by atoms with Gasteiger partial charge in [-0.3, -0.25) is 4.79 Å². The highest BCUT2D eigenvalue weighted by molar-refractivity contribution is 7.13. The van der Waals surface area contributed by atoms with Crippen molar-refractivity contribution in [3.05, 3.63) is 29.5 Å². The summed E-state index contributed by atoms with van der Waals surface area (Å²) in [6.45, 7) is 1.26. The van der Waals surface area contributed by atoms with Gasteiger partial charge in [-0.1, -0.05) is 6.07 Å². The molecule has 0 aliphatic rings. The van der Waals surface area contributed by atoms with E-state index < -0.39 is 0 Å². The summed E-state index contributed by atoms with van der Waals surface area (Å²) in [5.41, 5.74) is 0.741. The van der Waals surface area contributed by atoms with E-state index in [2.05, 4.69) is 15.6 Å². The van der Waals surface area contributed by atoms with E-state index in [1.807, 2.05) is 24.6 Å². The summed E-state index contributed by atoms with van der Waals surface area (Å²) in [5, 5.41) is 7.82. The van der Waals surface area contributed by atoms with Crippen molar-refractivity contribution in [3.8, 4) is 10.8 Å². The lowest BCUT2D eigenvalue weighted by atomic mass is 10.3. The zero-order valence-electron chi connectivity index (χ0n) is 11.2. The van der Waals surface area contributed by atoms with Gasteiger partial charge in [0, 0.05) is 6.42 Å². The fourth-order valence-corrected chi connectivity index (χ4v) is 2.26. The lowest BCUT2D eigenvalue weighted by Gasteiger charge is -2.02. The third-order valence-electron chi connectivity index (χ3n) is 2.58. The van der Waals surface area contributed by atoms with Gasteiger partial charge < -0.3 is 15.1 Å². The van der Waals surface area contributed by atoms with Crippen LogP contribution in [0.5, 0.6) is 0 Å². The standard InChI is InChI=1S/C13H17N3O2S.ClH/c1-14-6-2-5-12(17)15-8-10-9-18-13(16-10)11-4-3-7-19-11;/h3-4,7,9,14H,2,5-6,8H2,1H3,(H,15,17);1H. The predicted octanol–water partition coefficient (Wildman–Crippen LogP) is 2.44. The van der Waals surface area contributed by atoms with Crippen molar-refractivity contribution >= 4 is 29.7 Å². The largest absolute Gasteiger partial charge is 0.443 e. The molecular formula is C13H18ClN3O2S. The maximum absolute atomic E-state index is 11.5. The number of hydrogen-bond donors (Lipinski definition) is 2. The first-order valence-electron chi connectivity index (χ1n) is 6.19. The second-order valence-corrected chi connectivity index (χ2v) is 5.05. The molecule has 0 aliphatic carbocycles. The molecule has 0 aliphatic heterocycles. The average Bonchev–Trinajstić information content (AvgIpc) is 3.07. The first-order chi connectivity index (χ1) is 9.29. The van der Waals surface area contributed by atoms with E-state index in [-0.39, 0.29) is 18.3 Å². The molecule has 0 fully saturated rings. The highest BCUT2D eigenvalue weighted by Gasteiger charge is 2.08. The third-order valence-corrected chi connectivity index (χ3v) is 3.44. The summed E-state index contributed by atoms with van der Waals surface area (Å²) in [4.78, 5) is 16.9. The zero-order valence-corrected chi connectivity index (χ0v) is 12.9. The number of thiophene rings is 1. The zero-order chi connectivity index (χ0) is 13.5. The lowest BCUT2D eigenvalue weighted by molar-refractivity contribution is -0.121. The Bertz CT molecular complexity index is 513. The minimum Gasteiger partial charge on any atom is -0.443 e. The lowest BCUT2D eigenvalue weighted by Crippen LogP contribution is -2.23. The number of carbonyl (C=O) groups excluding carboxylic acids is 1. The van der Waals surface area contributed by atoms with Gasteiger partial charge in [0.2, 0.25) is 11.8 Å². The van der Waals surface area contributed by atoms with Gasteiger partial charge in [-0.05, 0) is 31.5 Å². The topological polar surface area (TPSA) is 67.2 Å². The number of halogens is 1. The van der Waals surface area contributed by atoms with Crippen LogP contribution >= 0.6 is 23.7 Å². The molecule has 5 nitrogen and oxygen atoms in total. The van der Waals surface area contributed by atoms with Crippen molar-refractivity contribution in [2.75, 3.05) is 13.6 Å². The van der Waals surface area contributed by atoms with Gasteiger partial charge in [0.05, 0.1) is 17.1 Å². The summed E-state index contributed by atoms with van der Waals surface area (Å²) in [7, 11) is 1.87. The van der Waals surface area contributed by atoms with Crippen LogP contribution in [0.1, 0.15) is 18.5 Å². The Morgan fingerprint density at radius 1 is 1.50 bits per heavy atom. The van der Waals surface area contributed by atoms with Gasteiger partial charge in [0.15, 0.2) is 0 Å². The Hall–Kier alpha value is -1.37. The smallest absolute Gasteiger partial charge is 0.236 e. The van der Waals surface area contributed by atoms with Crippen LogP contribution in [0, 0.1) is 0 Å². The van der Waals surface area contributed by atoms with Crippen LogP contribution < -0.4 is 10.6 Å². The fraction of sp³-hybridized carbons (Fsp3) is 0.385. The molecule has 0 radical (unpaired) electrons. The van der Waals surface area contributed by atoms with E-state index in [9.17, 15) is 4.79 Å². The van der Waals surface area contributed by atoms with Crippen LogP contribution in [-0.4, -0.2) is 24.5 Å². The monoisotopic (exact) mass is 315 g/mol. The summed E-state index contributed by atoms with van der Waals surface area (Å²) in [6, 6.07) is 3.91. The number of amides is 1. The normalized spacial score (nSPS) is 10.1. The molecule has 110 valence electrons. The van der Waals surface area contributed by atoms with Gasteiger partial charge in [0.1, 0.15) is 6.26 Å². The fourth-order valence-electron chi connectivity index (χ4n) is 1.60. The maximum Gasteiger partial charge on any atom is 0.236 e. The molecule has 20 heavy (non-hydrogen) atoms. The van der Waals surface area contributed by atoms with Crippen molar-refractivity contribution < 1.29 is 9.21 Å². The molecule has 2 rings (SSSR count). The Kier molecular flexibility index (Phi) is 7.28. The maximum atomic E-state index is 11.5. The molecule has 0 atom stereocenters. The third kappa shape index (κ3) is 4.96. The molecule has 7 heteroatoms. The van der Waals surface area contributed by atoms with E-state index >= 15 is 0 Å². The molecule has 0 spiro atoms. The van der Waals surface area contributed by atoms with Gasteiger partial charge in [-0.2, -0.15) is 0 Å². The quantitative estimate of drug-likeness (QED) is 0.770. The second kappa shape index (κ2) is 8.73.